The molecule has 1 heterocycles. The van der Waals surface area contributed by atoms with Gasteiger partial charge >= 0.3 is 0 Å². The van der Waals surface area contributed by atoms with Crippen LogP contribution in [-0.2, 0) is 0 Å². The van der Waals surface area contributed by atoms with Gasteiger partial charge in [0.15, 0.2) is 5.15 Å². The van der Waals surface area contributed by atoms with Gasteiger partial charge in [0.25, 0.3) is 0 Å². The summed E-state index contributed by atoms with van der Waals surface area (Å²) < 4.78 is 0. The molecule has 0 saturated heterocycles. The van der Waals surface area contributed by atoms with Gasteiger partial charge in [-0.3, -0.25) is 5.10 Å². The van der Waals surface area contributed by atoms with Crippen LogP contribution in [0.25, 0.3) is 0 Å². The molecule has 2 nitrogen and oxygen atoms in total. The van der Waals surface area contributed by atoms with E-state index in [1.165, 1.54) is 0 Å². The van der Waals surface area contributed by atoms with Crippen LogP contribution in [0.15, 0.2) is 6.07 Å². The number of rotatable bonds is 1. The SMILES string of the molecule is CC(C)c1cc(Cl)n[nH]1. The van der Waals surface area contributed by atoms with E-state index in [-0.39, 0.29) is 0 Å². The summed E-state index contributed by atoms with van der Waals surface area (Å²) in [5, 5.41) is 7.14. The van der Waals surface area contributed by atoms with E-state index in [0.717, 1.165) is 5.69 Å². The minimum absolute atomic E-state index is 0.477. The Kier molecular flexibility index (Phi) is 1.76. The van der Waals surface area contributed by atoms with Crippen molar-refractivity contribution in [2.75, 3.05) is 0 Å². The van der Waals surface area contributed by atoms with Crippen LogP contribution < -0.4 is 0 Å². The summed E-state index contributed by atoms with van der Waals surface area (Å²) in [5.41, 5.74) is 1.08. The normalized spacial score (nSPS) is 10.7. The average Bonchev–Trinajstić information content (AvgIpc) is 2.14. The maximum atomic E-state index is 5.56. The summed E-state index contributed by atoms with van der Waals surface area (Å²) in [7, 11) is 0. The maximum absolute atomic E-state index is 5.56. The van der Waals surface area contributed by atoms with Gasteiger partial charge in [-0.1, -0.05) is 25.4 Å². The predicted molar refractivity (Wildman–Crippen MR) is 37.7 cm³/mol. The summed E-state index contributed by atoms with van der Waals surface area (Å²) in [5.74, 6) is 0.477. The lowest BCUT2D eigenvalue weighted by Gasteiger charge is -1.95. The number of H-pyrrole nitrogens is 1. The lowest BCUT2D eigenvalue weighted by atomic mass is 10.1. The molecule has 1 aromatic rings. The zero-order chi connectivity index (χ0) is 6.85. The first-order valence-corrected chi connectivity index (χ1v) is 3.28. The minimum atomic E-state index is 0.477. The Labute approximate surface area is 59.2 Å². The molecule has 1 aromatic heterocycles. The molecule has 0 amide bonds. The van der Waals surface area contributed by atoms with Crippen molar-refractivity contribution < 1.29 is 0 Å². The highest BCUT2D eigenvalue weighted by atomic mass is 35.5. The van der Waals surface area contributed by atoms with Crippen molar-refractivity contribution in [2.24, 2.45) is 0 Å². The smallest absolute Gasteiger partial charge is 0.151 e. The van der Waals surface area contributed by atoms with Crippen molar-refractivity contribution in [3.8, 4) is 0 Å². The van der Waals surface area contributed by atoms with Crippen molar-refractivity contribution in [1.82, 2.24) is 10.2 Å². The average molecular weight is 145 g/mol. The van der Waals surface area contributed by atoms with Crippen LogP contribution in [-0.4, -0.2) is 10.2 Å². The van der Waals surface area contributed by atoms with Gasteiger partial charge in [0.05, 0.1) is 0 Å². The minimum Gasteiger partial charge on any atom is -0.281 e. The van der Waals surface area contributed by atoms with Gasteiger partial charge in [-0.15, -0.1) is 0 Å². The molecule has 0 spiro atoms. The Hall–Kier alpha value is -0.500. The number of aromatic nitrogens is 2. The van der Waals surface area contributed by atoms with E-state index in [4.69, 9.17) is 11.6 Å². The molecule has 0 aliphatic heterocycles. The molecule has 1 N–H and O–H groups in total. The van der Waals surface area contributed by atoms with E-state index in [1.807, 2.05) is 6.07 Å². The highest BCUT2D eigenvalue weighted by molar-refractivity contribution is 6.29. The molecular weight excluding hydrogens is 136 g/mol. The summed E-state index contributed by atoms with van der Waals surface area (Å²) >= 11 is 5.56. The first-order chi connectivity index (χ1) is 4.20. The lowest BCUT2D eigenvalue weighted by molar-refractivity contribution is 0.810. The summed E-state index contributed by atoms with van der Waals surface area (Å²) in [4.78, 5) is 0. The van der Waals surface area contributed by atoms with Crippen molar-refractivity contribution in [3.63, 3.8) is 0 Å². The second-order valence-corrected chi connectivity index (χ2v) is 2.69. The second kappa shape index (κ2) is 2.40. The molecule has 50 valence electrons. The van der Waals surface area contributed by atoms with Crippen LogP contribution in [0.2, 0.25) is 5.15 Å². The number of nitrogens with one attached hydrogen (secondary N) is 1. The van der Waals surface area contributed by atoms with Crippen molar-refractivity contribution in [1.29, 1.82) is 0 Å². The molecule has 0 aliphatic rings. The Balaban J connectivity index is 2.85. The largest absolute Gasteiger partial charge is 0.281 e. The van der Waals surface area contributed by atoms with E-state index < -0.39 is 0 Å². The van der Waals surface area contributed by atoms with Crippen molar-refractivity contribution >= 4 is 11.6 Å². The zero-order valence-electron chi connectivity index (χ0n) is 5.48. The van der Waals surface area contributed by atoms with E-state index in [2.05, 4.69) is 24.0 Å². The molecule has 0 saturated carbocycles. The van der Waals surface area contributed by atoms with E-state index in [1.54, 1.807) is 0 Å². The number of nitrogens with zero attached hydrogens (tertiary/aromatic N) is 1. The maximum Gasteiger partial charge on any atom is 0.151 e. The predicted octanol–water partition coefficient (Wildman–Crippen LogP) is 2.19. The van der Waals surface area contributed by atoms with Gasteiger partial charge in [0.2, 0.25) is 0 Å². The number of hydrogen-bond donors (Lipinski definition) is 1. The number of hydrogen-bond acceptors (Lipinski definition) is 1. The Morgan fingerprint density at radius 1 is 1.67 bits per heavy atom. The Bertz CT molecular complexity index is 193. The van der Waals surface area contributed by atoms with Crippen LogP contribution in [0.4, 0.5) is 0 Å². The molecule has 0 unspecified atom stereocenters. The van der Waals surface area contributed by atoms with E-state index in [0.29, 0.717) is 11.1 Å². The van der Waals surface area contributed by atoms with Crippen LogP contribution in [0.5, 0.6) is 0 Å². The van der Waals surface area contributed by atoms with Crippen molar-refractivity contribution in [3.05, 3.63) is 16.9 Å². The third kappa shape index (κ3) is 1.45. The third-order valence-electron chi connectivity index (χ3n) is 1.19. The van der Waals surface area contributed by atoms with E-state index in [9.17, 15) is 0 Å². The van der Waals surface area contributed by atoms with Gasteiger partial charge in [-0.25, -0.2) is 0 Å². The summed E-state index contributed by atoms with van der Waals surface area (Å²) in [6.45, 7) is 4.17. The van der Waals surface area contributed by atoms with Gasteiger partial charge in [0.1, 0.15) is 0 Å². The molecule has 3 heteroatoms. The van der Waals surface area contributed by atoms with Crippen molar-refractivity contribution in [2.45, 2.75) is 19.8 Å². The fourth-order valence-electron chi connectivity index (χ4n) is 0.607. The quantitative estimate of drug-likeness (QED) is 0.643. The van der Waals surface area contributed by atoms with Crippen LogP contribution >= 0.6 is 11.6 Å². The van der Waals surface area contributed by atoms with Gasteiger partial charge in [0, 0.05) is 5.69 Å². The molecule has 1 rings (SSSR count). The molecule has 9 heavy (non-hydrogen) atoms. The molecule has 0 radical (unpaired) electrons. The lowest BCUT2D eigenvalue weighted by Crippen LogP contribution is -1.85. The van der Waals surface area contributed by atoms with Gasteiger partial charge < -0.3 is 0 Å². The van der Waals surface area contributed by atoms with Crippen LogP contribution in [0, 0.1) is 0 Å². The first-order valence-electron chi connectivity index (χ1n) is 2.91. The highest BCUT2D eigenvalue weighted by Crippen LogP contribution is 2.13. The zero-order valence-corrected chi connectivity index (χ0v) is 6.24. The van der Waals surface area contributed by atoms with Gasteiger partial charge in [-0.2, -0.15) is 5.10 Å². The molecule has 0 atom stereocenters. The molecule has 0 aromatic carbocycles. The molecule has 0 bridgehead atoms. The molecule has 0 aliphatic carbocycles. The van der Waals surface area contributed by atoms with Crippen LogP contribution in [0.1, 0.15) is 25.5 Å². The fourth-order valence-corrected chi connectivity index (χ4v) is 0.766. The summed E-state index contributed by atoms with van der Waals surface area (Å²) in [6.07, 6.45) is 0. The van der Waals surface area contributed by atoms with Gasteiger partial charge in [-0.05, 0) is 12.0 Å². The fraction of sp³-hybridized carbons (Fsp3) is 0.500. The monoisotopic (exact) mass is 144 g/mol. The molecule has 0 fully saturated rings. The second-order valence-electron chi connectivity index (χ2n) is 2.30. The Morgan fingerprint density at radius 3 is 2.56 bits per heavy atom. The van der Waals surface area contributed by atoms with Crippen LogP contribution in [0.3, 0.4) is 0 Å². The number of aromatic amines is 1. The standard InChI is InChI=1S/C6H9ClN2/c1-4(2)5-3-6(7)9-8-5/h3-4H,1-2H3,(H,8,9). The van der Waals surface area contributed by atoms with E-state index >= 15 is 0 Å². The molecular formula is C6H9ClN2. The first kappa shape index (κ1) is 6.62. The highest BCUT2D eigenvalue weighted by Gasteiger charge is 2.00. The topological polar surface area (TPSA) is 28.7 Å². The third-order valence-corrected chi connectivity index (χ3v) is 1.38. The summed E-state index contributed by atoms with van der Waals surface area (Å²) in [6, 6.07) is 1.84. The Morgan fingerprint density at radius 2 is 2.33 bits per heavy atom. The number of halogens is 1.